The highest BCUT2D eigenvalue weighted by Gasteiger charge is 2.23. The quantitative estimate of drug-likeness (QED) is 0.812. The fraction of sp³-hybridized carbons (Fsp3) is 0.333. The lowest BCUT2D eigenvalue weighted by Gasteiger charge is -2.29. The summed E-state index contributed by atoms with van der Waals surface area (Å²) in [5.74, 6) is 0. The van der Waals surface area contributed by atoms with Gasteiger partial charge in [-0.2, -0.15) is 8.42 Å². The highest BCUT2D eigenvalue weighted by molar-refractivity contribution is 7.85. The molecule has 25 heavy (non-hydrogen) atoms. The first kappa shape index (κ1) is 19.6. The molecule has 0 saturated carbocycles. The van der Waals surface area contributed by atoms with Crippen molar-refractivity contribution in [1.82, 2.24) is 0 Å². The van der Waals surface area contributed by atoms with E-state index in [2.05, 4.69) is 0 Å². The van der Waals surface area contributed by atoms with Gasteiger partial charge < -0.3 is 14.6 Å². The Labute approximate surface area is 147 Å². The van der Waals surface area contributed by atoms with Crippen molar-refractivity contribution in [2.75, 3.05) is 13.2 Å². The minimum atomic E-state index is -4.02. The fourth-order valence-corrected chi connectivity index (χ4v) is 2.70. The lowest BCUT2D eigenvalue weighted by Crippen LogP contribution is -2.29. The zero-order chi connectivity index (χ0) is 18.3. The minimum Gasteiger partial charge on any atom is -0.394 e. The van der Waals surface area contributed by atoms with Crippen LogP contribution in [-0.4, -0.2) is 37.4 Å². The maximum absolute atomic E-state index is 10.5. The summed E-state index contributed by atoms with van der Waals surface area (Å²) in [6.07, 6.45) is 0.357. The Morgan fingerprint density at radius 3 is 2.28 bits per heavy atom. The van der Waals surface area contributed by atoms with Crippen molar-refractivity contribution < 1.29 is 27.6 Å². The Kier molecular flexibility index (Phi) is 7.10. The zero-order valence-corrected chi connectivity index (χ0v) is 14.7. The second-order valence-corrected chi connectivity index (χ2v) is 7.05. The van der Waals surface area contributed by atoms with Crippen molar-refractivity contribution in [2.24, 2.45) is 0 Å². The van der Waals surface area contributed by atoms with Crippen molar-refractivity contribution in [3.8, 4) is 0 Å². The second kappa shape index (κ2) is 9.07. The van der Waals surface area contributed by atoms with Gasteiger partial charge in [0.25, 0.3) is 10.1 Å². The third-order valence-corrected chi connectivity index (χ3v) is 4.49. The number of aryl methyl sites for hydroxylation is 1. The van der Waals surface area contributed by atoms with Crippen LogP contribution < -0.4 is 0 Å². The Hall–Kier alpha value is -1.77. The molecule has 3 rings (SSSR count). The van der Waals surface area contributed by atoms with Gasteiger partial charge in [0.05, 0.1) is 24.2 Å². The first-order chi connectivity index (χ1) is 11.9. The number of benzene rings is 2. The third-order valence-electron chi connectivity index (χ3n) is 3.62. The molecule has 1 aliphatic rings. The average Bonchev–Trinajstić information content (AvgIpc) is 2.63. The van der Waals surface area contributed by atoms with Crippen LogP contribution in [0.5, 0.6) is 0 Å². The first-order valence-electron chi connectivity index (χ1n) is 7.87. The molecular weight excluding hydrogens is 344 g/mol. The molecule has 0 spiro atoms. The molecule has 1 saturated heterocycles. The first-order valence-corrected chi connectivity index (χ1v) is 9.31. The summed E-state index contributed by atoms with van der Waals surface area (Å²) in [5, 5.41) is 8.98. The molecule has 0 aromatic heterocycles. The normalized spacial score (nSPS) is 20.4. The van der Waals surface area contributed by atoms with Crippen molar-refractivity contribution in [3.05, 3.63) is 65.7 Å². The van der Waals surface area contributed by atoms with Crippen LogP contribution in [0.3, 0.4) is 0 Å². The summed E-state index contributed by atoms with van der Waals surface area (Å²) in [6, 6.07) is 15.8. The van der Waals surface area contributed by atoms with E-state index in [1.54, 1.807) is 12.1 Å². The molecule has 1 aliphatic heterocycles. The van der Waals surface area contributed by atoms with Crippen LogP contribution in [-0.2, 0) is 19.6 Å². The highest BCUT2D eigenvalue weighted by atomic mass is 32.2. The van der Waals surface area contributed by atoms with Gasteiger partial charge in [0.2, 0.25) is 0 Å². The summed E-state index contributed by atoms with van der Waals surface area (Å²) >= 11 is 0. The molecule has 0 radical (unpaired) electrons. The van der Waals surface area contributed by atoms with Crippen LogP contribution in [0.2, 0.25) is 0 Å². The molecule has 2 atom stereocenters. The van der Waals surface area contributed by atoms with Gasteiger partial charge in [0.1, 0.15) is 0 Å². The van der Waals surface area contributed by atoms with E-state index in [9.17, 15) is 8.42 Å². The SMILES string of the molecule is Cc1ccc(S(=O)(=O)O)cc1.OC[C@H]1CCO[C@@H](c2ccccc2)O1. The number of aliphatic hydroxyl groups is 1. The molecule has 1 fully saturated rings. The largest absolute Gasteiger partial charge is 0.394 e. The maximum atomic E-state index is 10.5. The summed E-state index contributed by atoms with van der Waals surface area (Å²) in [5.41, 5.74) is 1.96. The van der Waals surface area contributed by atoms with E-state index in [1.165, 1.54) is 12.1 Å². The molecule has 136 valence electrons. The van der Waals surface area contributed by atoms with Gasteiger partial charge in [0, 0.05) is 5.56 Å². The zero-order valence-electron chi connectivity index (χ0n) is 13.9. The Morgan fingerprint density at radius 2 is 1.72 bits per heavy atom. The van der Waals surface area contributed by atoms with Gasteiger partial charge in [-0.05, 0) is 25.5 Å². The van der Waals surface area contributed by atoms with E-state index >= 15 is 0 Å². The predicted molar refractivity (Wildman–Crippen MR) is 92.7 cm³/mol. The van der Waals surface area contributed by atoms with Crippen LogP contribution in [0, 0.1) is 6.92 Å². The van der Waals surface area contributed by atoms with Gasteiger partial charge in [-0.25, -0.2) is 0 Å². The van der Waals surface area contributed by atoms with E-state index < -0.39 is 10.1 Å². The third kappa shape index (κ3) is 6.22. The number of hydrogen-bond acceptors (Lipinski definition) is 5. The van der Waals surface area contributed by atoms with E-state index in [0.717, 1.165) is 17.5 Å². The lowest BCUT2D eigenvalue weighted by atomic mass is 10.2. The molecule has 2 N–H and O–H groups in total. The van der Waals surface area contributed by atoms with Gasteiger partial charge in [0.15, 0.2) is 6.29 Å². The van der Waals surface area contributed by atoms with E-state index in [1.807, 2.05) is 37.3 Å². The number of hydrogen-bond donors (Lipinski definition) is 2. The van der Waals surface area contributed by atoms with Crippen LogP contribution in [0.25, 0.3) is 0 Å². The molecule has 0 aliphatic carbocycles. The minimum absolute atomic E-state index is 0.0622. The van der Waals surface area contributed by atoms with Gasteiger partial charge in [-0.15, -0.1) is 0 Å². The van der Waals surface area contributed by atoms with Gasteiger partial charge >= 0.3 is 0 Å². The molecular formula is C18H22O6S. The maximum Gasteiger partial charge on any atom is 0.294 e. The topological polar surface area (TPSA) is 93.1 Å². The molecule has 0 amide bonds. The monoisotopic (exact) mass is 366 g/mol. The number of aliphatic hydroxyl groups excluding tert-OH is 1. The molecule has 6 nitrogen and oxygen atoms in total. The summed E-state index contributed by atoms with van der Waals surface area (Å²) in [6.45, 7) is 2.55. The standard InChI is InChI=1S/C11H14O3.C7H8O3S/c12-8-10-6-7-13-11(14-10)9-4-2-1-3-5-9;1-6-2-4-7(5-3-6)11(8,9)10/h1-5,10-12H,6-8H2;2-5H,1H3,(H,8,9,10)/t10-,11-;/m1./s1. The van der Waals surface area contributed by atoms with Crippen LogP contribution in [0.4, 0.5) is 0 Å². The molecule has 7 heteroatoms. The lowest BCUT2D eigenvalue weighted by molar-refractivity contribution is -0.224. The van der Waals surface area contributed by atoms with Crippen LogP contribution >= 0.6 is 0 Å². The summed E-state index contributed by atoms with van der Waals surface area (Å²) in [7, 11) is -4.02. The molecule has 0 bridgehead atoms. The number of ether oxygens (including phenoxy) is 2. The fourth-order valence-electron chi connectivity index (χ4n) is 2.22. The van der Waals surface area contributed by atoms with Gasteiger partial charge in [-0.3, -0.25) is 4.55 Å². The summed E-state index contributed by atoms with van der Waals surface area (Å²) in [4.78, 5) is -0.0666. The van der Waals surface area contributed by atoms with E-state index in [0.29, 0.717) is 6.61 Å². The van der Waals surface area contributed by atoms with Crippen molar-refractivity contribution in [3.63, 3.8) is 0 Å². The van der Waals surface area contributed by atoms with Crippen molar-refractivity contribution in [1.29, 1.82) is 0 Å². The van der Waals surface area contributed by atoms with Crippen LogP contribution in [0.1, 0.15) is 23.8 Å². The summed E-state index contributed by atoms with van der Waals surface area (Å²) < 4.78 is 40.6. The Balaban J connectivity index is 0.000000186. The average molecular weight is 366 g/mol. The second-order valence-electron chi connectivity index (χ2n) is 5.63. The van der Waals surface area contributed by atoms with E-state index in [-0.39, 0.29) is 23.9 Å². The van der Waals surface area contributed by atoms with E-state index in [4.69, 9.17) is 19.1 Å². The Morgan fingerprint density at radius 1 is 1.08 bits per heavy atom. The van der Waals surface area contributed by atoms with Crippen molar-refractivity contribution in [2.45, 2.75) is 30.6 Å². The Bertz CT molecular complexity index is 743. The molecule has 2 aromatic rings. The smallest absolute Gasteiger partial charge is 0.294 e. The highest BCUT2D eigenvalue weighted by Crippen LogP contribution is 2.25. The molecule has 1 heterocycles. The number of rotatable bonds is 3. The van der Waals surface area contributed by atoms with Gasteiger partial charge in [-0.1, -0.05) is 48.0 Å². The van der Waals surface area contributed by atoms with Crippen LogP contribution in [0.15, 0.2) is 59.5 Å². The molecule has 0 unspecified atom stereocenters. The van der Waals surface area contributed by atoms with Crippen molar-refractivity contribution >= 4 is 10.1 Å². The predicted octanol–water partition coefficient (Wildman–Crippen LogP) is 2.72. The molecule has 2 aromatic carbocycles.